The zero-order valence-corrected chi connectivity index (χ0v) is 14.6. The average molecular weight is 323 g/mol. The van der Waals surface area contributed by atoms with Crippen LogP contribution in [0.3, 0.4) is 0 Å². The van der Waals surface area contributed by atoms with Gasteiger partial charge >= 0.3 is 0 Å². The van der Waals surface area contributed by atoms with Gasteiger partial charge in [0, 0.05) is 16.3 Å². The van der Waals surface area contributed by atoms with E-state index in [1.54, 1.807) is 22.7 Å². The second kappa shape index (κ2) is 7.56. The molecule has 4 nitrogen and oxygen atoms in total. The van der Waals surface area contributed by atoms with Crippen LogP contribution >= 0.6 is 22.7 Å². The summed E-state index contributed by atoms with van der Waals surface area (Å²) in [6.07, 6.45) is 0. The molecular weight excluding hydrogens is 300 g/mol. The van der Waals surface area contributed by atoms with E-state index in [1.165, 1.54) is 15.3 Å². The molecule has 0 fully saturated rings. The summed E-state index contributed by atoms with van der Waals surface area (Å²) in [6, 6.07) is 2.14. The van der Waals surface area contributed by atoms with E-state index in [4.69, 9.17) is 0 Å². The molecule has 2 aromatic rings. The molecule has 0 aliphatic carbocycles. The van der Waals surface area contributed by atoms with Gasteiger partial charge in [0.1, 0.15) is 5.01 Å². The standard InChI is InChI=1S/C15H22N4S2/c1-5-16-15(17-8-13-10(2)6-7-20-13)18-9-14-19-11(3)12(4)21-14/h6-7H,5,8-9H2,1-4H3,(H2,16,17,18). The molecule has 2 N–H and O–H groups in total. The van der Waals surface area contributed by atoms with E-state index in [0.29, 0.717) is 6.54 Å². The molecule has 2 heterocycles. The fraction of sp³-hybridized carbons (Fsp3) is 0.467. The Kier molecular flexibility index (Phi) is 5.76. The number of thiazole rings is 1. The first-order chi connectivity index (χ1) is 10.1. The van der Waals surface area contributed by atoms with E-state index in [0.717, 1.165) is 29.8 Å². The number of nitrogens with zero attached hydrogens (tertiary/aromatic N) is 2. The Morgan fingerprint density at radius 3 is 2.67 bits per heavy atom. The highest BCUT2D eigenvalue weighted by Gasteiger charge is 2.05. The molecule has 0 aliphatic rings. The average Bonchev–Trinajstić information content (AvgIpc) is 3.00. The summed E-state index contributed by atoms with van der Waals surface area (Å²) in [6.45, 7) is 10.6. The minimum absolute atomic E-state index is 0.717. The van der Waals surface area contributed by atoms with Crippen molar-refractivity contribution in [3.63, 3.8) is 0 Å². The molecule has 0 aliphatic heterocycles. The first-order valence-electron chi connectivity index (χ1n) is 7.08. The number of aliphatic imine (C=N–C) groups is 1. The van der Waals surface area contributed by atoms with Gasteiger partial charge in [-0.05, 0) is 44.7 Å². The molecule has 2 rings (SSSR count). The monoisotopic (exact) mass is 322 g/mol. The predicted octanol–water partition coefficient (Wildman–Crippen LogP) is 3.39. The predicted molar refractivity (Wildman–Crippen MR) is 92.3 cm³/mol. The number of hydrogen-bond donors (Lipinski definition) is 2. The molecular formula is C15H22N4S2. The van der Waals surface area contributed by atoms with Crippen LogP contribution in [0.5, 0.6) is 0 Å². The van der Waals surface area contributed by atoms with Gasteiger partial charge in [-0.3, -0.25) is 0 Å². The van der Waals surface area contributed by atoms with Crippen molar-refractivity contribution in [3.8, 4) is 0 Å². The SMILES string of the molecule is CCNC(=NCc1sccc1C)NCc1nc(C)c(C)s1. The maximum Gasteiger partial charge on any atom is 0.191 e. The molecule has 0 amide bonds. The highest BCUT2D eigenvalue weighted by atomic mass is 32.1. The van der Waals surface area contributed by atoms with Crippen LogP contribution < -0.4 is 10.6 Å². The molecule has 21 heavy (non-hydrogen) atoms. The summed E-state index contributed by atoms with van der Waals surface area (Å²) in [5, 5.41) is 9.84. The maximum atomic E-state index is 4.64. The van der Waals surface area contributed by atoms with E-state index in [2.05, 4.69) is 52.8 Å². The molecule has 0 saturated carbocycles. The number of guanidine groups is 1. The van der Waals surface area contributed by atoms with Gasteiger partial charge < -0.3 is 10.6 Å². The molecule has 0 spiro atoms. The molecule has 0 aromatic carbocycles. The van der Waals surface area contributed by atoms with Crippen LogP contribution in [-0.2, 0) is 13.1 Å². The first kappa shape index (κ1) is 16.0. The highest BCUT2D eigenvalue weighted by molar-refractivity contribution is 7.11. The van der Waals surface area contributed by atoms with Gasteiger partial charge in [-0.15, -0.1) is 22.7 Å². The van der Waals surface area contributed by atoms with Gasteiger partial charge in [0.05, 0.1) is 18.8 Å². The van der Waals surface area contributed by atoms with Crippen molar-refractivity contribution in [2.45, 2.75) is 40.8 Å². The van der Waals surface area contributed by atoms with Gasteiger partial charge in [0.15, 0.2) is 5.96 Å². The number of aryl methyl sites for hydroxylation is 3. The first-order valence-corrected chi connectivity index (χ1v) is 8.77. The Bertz CT molecular complexity index is 593. The third kappa shape index (κ3) is 4.54. The van der Waals surface area contributed by atoms with Gasteiger partial charge in [-0.25, -0.2) is 9.98 Å². The summed E-state index contributed by atoms with van der Waals surface area (Å²) in [4.78, 5) is 11.8. The molecule has 114 valence electrons. The van der Waals surface area contributed by atoms with Gasteiger partial charge in [-0.2, -0.15) is 0 Å². The largest absolute Gasteiger partial charge is 0.357 e. The summed E-state index contributed by atoms with van der Waals surface area (Å²) >= 11 is 3.49. The van der Waals surface area contributed by atoms with Crippen LogP contribution in [0, 0.1) is 20.8 Å². The van der Waals surface area contributed by atoms with Crippen molar-refractivity contribution in [2.24, 2.45) is 4.99 Å². The van der Waals surface area contributed by atoms with Crippen molar-refractivity contribution in [3.05, 3.63) is 37.5 Å². The third-order valence-corrected chi connectivity index (χ3v) is 5.25. The smallest absolute Gasteiger partial charge is 0.191 e. The number of hydrogen-bond acceptors (Lipinski definition) is 4. The normalized spacial score (nSPS) is 11.7. The van der Waals surface area contributed by atoms with E-state index < -0.39 is 0 Å². The van der Waals surface area contributed by atoms with E-state index in [1.807, 2.05) is 6.92 Å². The van der Waals surface area contributed by atoms with Crippen LogP contribution in [-0.4, -0.2) is 17.5 Å². The Balaban J connectivity index is 1.96. The minimum Gasteiger partial charge on any atom is -0.357 e. The molecule has 0 unspecified atom stereocenters. The Morgan fingerprint density at radius 2 is 2.10 bits per heavy atom. The van der Waals surface area contributed by atoms with E-state index >= 15 is 0 Å². The fourth-order valence-electron chi connectivity index (χ4n) is 1.83. The zero-order valence-electron chi connectivity index (χ0n) is 13.0. The van der Waals surface area contributed by atoms with Gasteiger partial charge in [0.25, 0.3) is 0 Å². The third-order valence-electron chi connectivity index (χ3n) is 3.17. The van der Waals surface area contributed by atoms with E-state index in [9.17, 15) is 0 Å². The van der Waals surface area contributed by atoms with Crippen LogP contribution in [0.25, 0.3) is 0 Å². The summed E-state index contributed by atoms with van der Waals surface area (Å²) in [5.41, 5.74) is 2.43. The zero-order chi connectivity index (χ0) is 15.2. The van der Waals surface area contributed by atoms with Crippen LogP contribution in [0.4, 0.5) is 0 Å². The number of aromatic nitrogens is 1. The Hall–Kier alpha value is -1.40. The maximum absolute atomic E-state index is 4.64. The summed E-state index contributed by atoms with van der Waals surface area (Å²) in [5.74, 6) is 0.843. The van der Waals surface area contributed by atoms with Crippen molar-refractivity contribution in [2.75, 3.05) is 6.54 Å². The fourth-order valence-corrected chi connectivity index (χ4v) is 3.54. The molecule has 0 bridgehead atoms. The molecule has 6 heteroatoms. The summed E-state index contributed by atoms with van der Waals surface area (Å²) < 4.78 is 0. The number of rotatable bonds is 5. The van der Waals surface area contributed by atoms with Crippen molar-refractivity contribution < 1.29 is 0 Å². The van der Waals surface area contributed by atoms with E-state index in [-0.39, 0.29) is 0 Å². The lowest BCUT2D eigenvalue weighted by Crippen LogP contribution is -2.36. The lowest BCUT2D eigenvalue weighted by atomic mass is 10.3. The highest BCUT2D eigenvalue weighted by Crippen LogP contribution is 2.17. The second-order valence-corrected chi connectivity index (χ2v) is 7.11. The number of thiophene rings is 1. The lowest BCUT2D eigenvalue weighted by molar-refractivity contribution is 0.810. The Morgan fingerprint density at radius 1 is 1.29 bits per heavy atom. The van der Waals surface area contributed by atoms with Gasteiger partial charge in [0.2, 0.25) is 0 Å². The molecule has 0 radical (unpaired) electrons. The van der Waals surface area contributed by atoms with Crippen LogP contribution in [0.1, 0.15) is 32.9 Å². The van der Waals surface area contributed by atoms with Crippen molar-refractivity contribution in [1.29, 1.82) is 0 Å². The topological polar surface area (TPSA) is 49.3 Å². The molecule has 0 saturated heterocycles. The second-order valence-electron chi connectivity index (χ2n) is 4.82. The van der Waals surface area contributed by atoms with Gasteiger partial charge in [-0.1, -0.05) is 0 Å². The van der Waals surface area contributed by atoms with Crippen molar-refractivity contribution in [1.82, 2.24) is 15.6 Å². The molecule has 2 aromatic heterocycles. The lowest BCUT2D eigenvalue weighted by Gasteiger charge is -2.09. The summed E-state index contributed by atoms with van der Waals surface area (Å²) in [7, 11) is 0. The van der Waals surface area contributed by atoms with Crippen LogP contribution in [0.15, 0.2) is 16.4 Å². The molecule has 0 atom stereocenters. The quantitative estimate of drug-likeness (QED) is 0.655. The number of nitrogens with one attached hydrogen (secondary N) is 2. The Labute approximate surface area is 134 Å². The van der Waals surface area contributed by atoms with Crippen molar-refractivity contribution >= 4 is 28.6 Å². The minimum atomic E-state index is 0.717. The van der Waals surface area contributed by atoms with Crippen LogP contribution in [0.2, 0.25) is 0 Å².